The van der Waals surface area contributed by atoms with Crippen molar-refractivity contribution in [3.05, 3.63) is 81.9 Å². The van der Waals surface area contributed by atoms with Crippen molar-refractivity contribution in [3.63, 3.8) is 0 Å². The van der Waals surface area contributed by atoms with Crippen LogP contribution in [0.1, 0.15) is 18.1 Å². The topological polar surface area (TPSA) is 66.6 Å². The molecule has 0 saturated heterocycles. The summed E-state index contributed by atoms with van der Waals surface area (Å²) in [6, 6.07) is 19.7. The molecule has 0 spiro atoms. The zero-order valence-electron chi connectivity index (χ0n) is 13.3. The van der Waals surface area contributed by atoms with Crippen molar-refractivity contribution in [1.29, 1.82) is 0 Å². The summed E-state index contributed by atoms with van der Waals surface area (Å²) in [5, 5.41) is 20.8. The Hall–Kier alpha value is -2.24. The molecule has 0 amide bonds. The van der Waals surface area contributed by atoms with Crippen LogP contribution >= 0.6 is 0 Å². The van der Waals surface area contributed by atoms with E-state index in [1.807, 2.05) is 65.6 Å². The first-order valence-electron chi connectivity index (χ1n) is 7.59. The van der Waals surface area contributed by atoms with E-state index in [0.717, 1.165) is 11.1 Å². The number of hydrogen-bond acceptors (Lipinski definition) is 4. The van der Waals surface area contributed by atoms with Crippen LogP contribution in [0, 0.1) is 10.1 Å². The average molecular weight is 314 g/mol. The van der Waals surface area contributed by atoms with Crippen molar-refractivity contribution in [2.24, 2.45) is 0 Å². The van der Waals surface area contributed by atoms with Crippen molar-refractivity contribution in [1.82, 2.24) is 4.90 Å². The van der Waals surface area contributed by atoms with E-state index in [1.54, 1.807) is 0 Å². The maximum Gasteiger partial charge on any atom is 0.254 e. The quantitative estimate of drug-likeness (QED) is 0.601. The van der Waals surface area contributed by atoms with Crippen molar-refractivity contribution >= 4 is 0 Å². The predicted molar refractivity (Wildman–Crippen MR) is 89.5 cm³/mol. The lowest BCUT2D eigenvalue weighted by Gasteiger charge is -2.28. The highest BCUT2D eigenvalue weighted by molar-refractivity contribution is 5.17. The van der Waals surface area contributed by atoms with Gasteiger partial charge in [0.1, 0.15) is 6.61 Å². The Balaban J connectivity index is 2.18. The number of nitro groups is 1. The molecule has 5 heteroatoms. The molecule has 1 atom stereocenters. The van der Waals surface area contributed by atoms with Crippen LogP contribution in [0.25, 0.3) is 0 Å². The van der Waals surface area contributed by atoms with Crippen molar-refractivity contribution < 1.29 is 10.0 Å². The van der Waals surface area contributed by atoms with Crippen LogP contribution in [0.5, 0.6) is 0 Å². The van der Waals surface area contributed by atoms with Gasteiger partial charge in [-0.3, -0.25) is 15.0 Å². The molecule has 122 valence electrons. The van der Waals surface area contributed by atoms with Gasteiger partial charge in [0, 0.05) is 24.9 Å². The minimum absolute atomic E-state index is 0.181. The van der Waals surface area contributed by atoms with Gasteiger partial charge in [-0.25, -0.2) is 0 Å². The largest absolute Gasteiger partial charge is 0.389 e. The summed E-state index contributed by atoms with van der Waals surface area (Å²) in [6.07, 6.45) is 0. The number of benzene rings is 2. The summed E-state index contributed by atoms with van der Waals surface area (Å²) in [7, 11) is 0. The number of hydrogen-bond donors (Lipinski definition) is 1. The van der Waals surface area contributed by atoms with Crippen molar-refractivity contribution in [3.8, 4) is 0 Å². The highest BCUT2D eigenvalue weighted by Gasteiger charge is 2.38. The minimum Gasteiger partial charge on any atom is -0.389 e. The highest BCUT2D eigenvalue weighted by Crippen LogP contribution is 2.16. The lowest BCUT2D eigenvalue weighted by molar-refractivity contribution is -0.569. The van der Waals surface area contributed by atoms with Crippen LogP contribution < -0.4 is 0 Å². The Morgan fingerprint density at radius 2 is 1.43 bits per heavy atom. The molecule has 0 aliphatic heterocycles. The fourth-order valence-corrected chi connectivity index (χ4v) is 2.50. The summed E-state index contributed by atoms with van der Waals surface area (Å²) in [5.74, 6) is 0. The smallest absolute Gasteiger partial charge is 0.254 e. The fourth-order valence-electron chi connectivity index (χ4n) is 2.50. The van der Waals surface area contributed by atoms with E-state index in [4.69, 9.17) is 0 Å². The Morgan fingerprint density at radius 3 is 1.78 bits per heavy atom. The molecule has 1 N–H and O–H groups in total. The monoisotopic (exact) mass is 314 g/mol. The van der Waals surface area contributed by atoms with Crippen molar-refractivity contribution in [2.75, 3.05) is 13.2 Å². The summed E-state index contributed by atoms with van der Waals surface area (Å²) < 4.78 is 0. The third kappa shape index (κ3) is 4.87. The molecule has 0 fully saturated rings. The molecule has 0 aliphatic rings. The van der Waals surface area contributed by atoms with E-state index in [0.29, 0.717) is 13.1 Å². The van der Waals surface area contributed by atoms with Gasteiger partial charge in [0.25, 0.3) is 5.54 Å². The summed E-state index contributed by atoms with van der Waals surface area (Å²) >= 11 is 0. The van der Waals surface area contributed by atoms with E-state index in [2.05, 4.69) is 0 Å². The Bertz CT molecular complexity index is 577. The molecule has 0 aromatic heterocycles. The maximum absolute atomic E-state index is 11.3. The van der Waals surface area contributed by atoms with Gasteiger partial charge in [-0.1, -0.05) is 60.7 Å². The highest BCUT2D eigenvalue weighted by atomic mass is 16.6. The molecule has 0 radical (unpaired) electrons. The molecule has 2 aromatic rings. The molecule has 0 aliphatic carbocycles. The normalized spacial score (nSPS) is 13.7. The zero-order valence-corrected chi connectivity index (χ0v) is 13.3. The maximum atomic E-state index is 11.3. The first-order chi connectivity index (χ1) is 11.0. The fraction of sp³-hybridized carbons (Fsp3) is 0.333. The second kappa shape index (κ2) is 7.85. The number of nitrogens with zero attached hydrogens (tertiary/aromatic N) is 2. The van der Waals surface area contributed by atoms with Crippen LogP contribution in [0.2, 0.25) is 0 Å². The predicted octanol–water partition coefficient (Wildman–Crippen LogP) is 2.72. The molecule has 0 saturated carbocycles. The summed E-state index contributed by atoms with van der Waals surface area (Å²) in [4.78, 5) is 12.9. The van der Waals surface area contributed by atoms with E-state index in [-0.39, 0.29) is 6.54 Å². The SMILES string of the molecule is CC(CO)(CN(Cc1ccccc1)Cc1ccccc1)[N+](=O)[O-]. The van der Waals surface area contributed by atoms with Gasteiger partial charge >= 0.3 is 0 Å². The first-order valence-corrected chi connectivity index (χ1v) is 7.59. The molecule has 2 aromatic carbocycles. The molecule has 1 unspecified atom stereocenters. The lowest BCUT2D eigenvalue weighted by atomic mass is 10.0. The van der Waals surface area contributed by atoms with Crippen LogP contribution in [0.4, 0.5) is 0 Å². The molecule has 23 heavy (non-hydrogen) atoms. The molecule has 0 bridgehead atoms. The van der Waals surface area contributed by atoms with Gasteiger partial charge in [-0.15, -0.1) is 0 Å². The third-order valence-corrected chi connectivity index (χ3v) is 3.84. The minimum atomic E-state index is -1.37. The van der Waals surface area contributed by atoms with E-state index in [9.17, 15) is 15.2 Å². The van der Waals surface area contributed by atoms with E-state index >= 15 is 0 Å². The van der Waals surface area contributed by atoms with Crippen LogP contribution in [-0.4, -0.2) is 33.6 Å². The van der Waals surface area contributed by atoms with Crippen molar-refractivity contribution in [2.45, 2.75) is 25.6 Å². The number of aliphatic hydroxyl groups is 1. The van der Waals surface area contributed by atoms with Crippen LogP contribution in [-0.2, 0) is 13.1 Å². The van der Waals surface area contributed by atoms with Gasteiger partial charge in [0.2, 0.25) is 0 Å². The van der Waals surface area contributed by atoms with Gasteiger partial charge in [0.05, 0.1) is 6.54 Å². The van der Waals surface area contributed by atoms with Gasteiger partial charge in [-0.2, -0.15) is 0 Å². The number of aliphatic hydroxyl groups excluding tert-OH is 1. The molecule has 0 heterocycles. The second-order valence-corrected chi connectivity index (χ2v) is 6.03. The Labute approximate surface area is 136 Å². The Morgan fingerprint density at radius 1 is 1.00 bits per heavy atom. The average Bonchev–Trinajstić information content (AvgIpc) is 2.56. The molecule has 5 nitrogen and oxygen atoms in total. The van der Waals surface area contributed by atoms with E-state index in [1.165, 1.54) is 6.92 Å². The van der Waals surface area contributed by atoms with Crippen LogP contribution in [0.3, 0.4) is 0 Å². The van der Waals surface area contributed by atoms with Gasteiger partial charge in [0.15, 0.2) is 0 Å². The summed E-state index contributed by atoms with van der Waals surface area (Å²) in [5.41, 5.74) is 0.808. The summed E-state index contributed by atoms with van der Waals surface area (Å²) in [6.45, 7) is 2.37. The molecular weight excluding hydrogens is 292 g/mol. The molecular formula is C18H22N2O3. The lowest BCUT2D eigenvalue weighted by Crippen LogP contribution is -2.49. The van der Waals surface area contributed by atoms with Gasteiger partial charge in [-0.05, 0) is 11.1 Å². The standard InChI is InChI=1S/C18H22N2O3/c1-18(15-21,20(22)23)14-19(12-16-8-4-2-5-9-16)13-17-10-6-3-7-11-17/h2-11,21H,12-15H2,1H3. The molecule has 2 rings (SSSR count). The van der Waals surface area contributed by atoms with E-state index < -0.39 is 17.1 Å². The van der Waals surface area contributed by atoms with Gasteiger partial charge < -0.3 is 5.11 Å². The second-order valence-electron chi connectivity index (χ2n) is 6.03. The third-order valence-electron chi connectivity index (χ3n) is 3.84. The zero-order chi connectivity index (χ0) is 16.7. The number of rotatable bonds is 8. The van der Waals surface area contributed by atoms with Crippen LogP contribution in [0.15, 0.2) is 60.7 Å². The first kappa shape index (κ1) is 17.1. The Kier molecular flexibility index (Phi) is 5.84.